The van der Waals surface area contributed by atoms with E-state index in [2.05, 4.69) is 18.4 Å². The minimum Gasteiger partial charge on any atom is -0.448 e. The third-order valence-corrected chi connectivity index (χ3v) is 3.49. The Morgan fingerprint density at radius 1 is 1.39 bits per heavy atom. The fourth-order valence-corrected chi connectivity index (χ4v) is 2.19. The van der Waals surface area contributed by atoms with Gasteiger partial charge < -0.3 is 15.0 Å². The molecule has 2 N–H and O–H groups in total. The number of hydrogen-bond donors (Lipinski definition) is 1. The van der Waals surface area contributed by atoms with Gasteiger partial charge in [0.2, 0.25) is 0 Å². The van der Waals surface area contributed by atoms with E-state index in [9.17, 15) is 14.9 Å². The average molecular weight is 317 g/mol. The lowest BCUT2D eigenvalue weighted by atomic mass is 10.1. The zero-order valence-corrected chi connectivity index (χ0v) is 14.2. The van der Waals surface area contributed by atoms with Gasteiger partial charge in [0, 0.05) is 17.9 Å². The highest BCUT2D eigenvalue weighted by Crippen LogP contribution is 2.20. The fourth-order valence-electron chi connectivity index (χ4n) is 2.19. The van der Waals surface area contributed by atoms with Gasteiger partial charge in [-0.05, 0) is 44.4 Å². The summed E-state index contributed by atoms with van der Waals surface area (Å²) < 4.78 is 7.01. The molecule has 0 fully saturated rings. The van der Waals surface area contributed by atoms with Crippen LogP contribution < -0.4 is 5.73 Å². The van der Waals surface area contributed by atoms with E-state index in [-0.39, 0.29) is 5.57 Å². The lowest BCUT2D eigenvalue weighted by Crippen LogP contribution is -2.30. The van der Waals surface area contributed by atoms with Crippen LogP contribution in [-0.4, -0.2) is 22.5 Å². The Morgan fingerprint density at radius 2 is 2.00 bits per heavy atom. The number of esters is 1. The van der Waals surface area contributed by atoms with Gasteiger partial charge in [-0.1, -0.05) is 13.8 Å². The van der Waals surface area contributed by atoms with Crippen molar-refractivity contribution in [1.82, 2.24) is 4.57 Å². The Morgan fingerprint density at radius 3 is 2.48 bits per heavy atom. The van der Waals surface area contributed by atoms with Crippen molar-refractivity contribution in [3.63, 3.8) is 0 Å². The fraction of sp³-hybridized carbons (Fsp3) is 0.471. The number of aromatic nitrogens is 1. The van der Waals surface area contributed by atoms with E-state index >= 15 is 0 Å². The third kappa shape index (κ3) is 4.71. The molecule has 6 nitrogen and oxygen atoms in total. The van der Waals surface area contributed by atoms with Crippen molar-refractivity contribution >= 4 is 18.0 Å². The lowest BCUT2D eigenvalue weighted by molar-refractivity contribution is -0.149. The van der Waals surface area contributed by atoms with Crippen LogP contribution in [-0.2, 0) is 20.9 Å². The zero-order valence-electron chi connectivity index (χ0n) is 14.2. The molecule has 6 heteroatoms. The average Bonchev–Trinajstić information content (AvgIpc) is 2.71. The van der Waals surface area contributed by atoms with Crippen molar-refractivity contribution in [3.05, 3.63) is 28.6 Å². The Labute approximate surface area is 136 Å². The highest BCUT2D eigenvalue weighted by atomic mass is 16.5. The van der Waals surface area contributed by atoms with Crippen molar-refractivity contribution in [3.8, 4) is 6.07 Å². The van der Waals surface area contributed by atoms with Crippen molar-refractivity contribution in [2.45, 2.75) is 47.3 Å². The van der Waals surface area contributed by atoms with Crippen LogP contribution in [0.5, 0.6) is 0 Å². The first-order valence-corrected chi connectivity index (χ1v) is 7.46. The molecule has 124 valence electrons. The molecule has 0 aliphatic heterocycles. The number of hydrogen-bond acceptors (Lipinski definition) is 4. The first kappa shape index (κ1) is 18.5. The molecule has 1 aromatic heterocycles. The van der Waals surface area contributed by atoms with Crippen molar-refractivity contribution in [1.29, 1.82) is 5.26 Å². The second kappa shape index (κ2) is 7.63. The predicted molar refractivity (Wildman–Crippen MR) is 87.1 cm³/mol. The van der Waals surface area contributed by atoms with Gasteiger partial charge in [-0.25, -0.2) is 4.79 Å². The summed E-state index contributed by atoms with van der Waals surface area (Å²) in [5.74, 6) is -1.13. The molecule has 0 saturated heterocycles. The van der Waals surface area contributed by atoms with Gasteiger partial charge in [-0.15, -0.1) is 0 Å². The number of nitriles is 1. The third-order valence-electron chi connectivity index (χ3n) is 3.49. The molecule has 1 aromatic rings. The number of amides is 1. The summed E-state index contributed by atoms with van der Waals surface area (Å²) in [6.45, 7) is 10.4. The molecular weight excluding hydrogens is 294 g/mol. The number of aryl methyl sites for hydroxylation is 1. The molecule has 1 atom stereocenters. The standard InChI is InChI=1S/C17H23N3O3/c1-10(2)9-20-11(3)6-14(12(20)4)7-15(8-18)17(22)23-13(5)16(19)21/h6-7,10,13H,9H2,1-5H3,(H2,19,21). The van der Waals surface area contributed by atoms with E-state index in [0.29, 0.717) is 5.92 Å². The van der Waals surface area contributed by atoms with Crippen molar-refractivity contribution in [2.24, 2.45) is 11.7 Å². The maximum atomic E-state index is 11.9. The Hall–Kier alpha value is -2.55. The van der Waals surface area contributed by atoms with Gasteiger partial charge in [0.25, 0.3) is 5.91 Å². The van der Waals surface area contributed by atoms with Crippen LogP contribution >= 0.6 is 0 Å². The largest absolute Gasteiger partial charge is 0.448 e. The minimum atomic E-state index is -1.08. The number of nitrogens with zero attached hydrogens (tertiary/aromatic N) is 2. The van der Waals surface area contributed by atoms with E-state index in [1.807, 2.05) is 26.0 Å². The predicted octanol–water partition coefficient (Wildman–Crippen LogP) is 2.08. The number of ether oxygens (including phenoxy) is 1. The molecule has 0 bridgehead atoms. The van der Waals surface area contributed by atoms with Crippen LogP contribution in [0.2, 0.25) is 0 Å². The van der Waals surface area contributed by atoms with Crippen LogP contribution in [0.25, 0.3) is 6.08 Å². The molecule has 0 saturated carbocycles. The highest BCUT2D eigenvalue weighted by Gasteiger charge is 2.19. The van der Waals surface area contributed by atoms with Crippen LogP contribution in [0, 0.1) is 31.1 Å². The first-order chi connectivity index (χ1) is 10.7. The molecular formula is C17H23N3O3. The summed E-state index contributed by atoms with van der Waals surface area (Å²) in [6.07, 6.45) is 0.405. The summed E-state index contributed by atoms with van der Waals surface area (Å²) in [4.78, 5) is 22.9. The summed E-state index contributed by atoms with van der Waals surface area (Å²) in [6, 6.07) is 3.73. The zero-order chi connectivity index (χ0) is 17.7. The maximum Gasteiger partial charge on any atom is 0.349 e. The smallest absolute Gasteiger partial charge is 0.349 e. The van der Waals surface area contributed by atoms with Gasteiger partial charge in [0.1, 0.15) is 11.6 Å². The van der Waals surface area contributed by atoms with Crippen molar-refractivity contribution < 1.29 is 14.3 Å². The molecule has 1 heterocycles. The quantitative estimate of drug-likeness (QED) is 0.493. The summed E-state index contributed by atoms with van der Waals surface area (Å²) in [5, 5.41) is 9.18. The molecule has 0 spiro atoms. The van der Waals surface area contributed by atoms with Crippen LogP contribution in [0.3, 0.4) is 0 Å². The Balaban J connectivity index is 3.10. The molecule has 0 aliphatic carbocycles. The Kier molecular flexibility index (Phi) is 6.14. The van der Waals surface area contributed by atoms with Gasteiger partial charge in [-0.2, -0.15) is 5.26 Å². The normalized spacial score (nSPS) is 12.8. The minimum absolute atomic E-state index is 0.164. The van der Waals surface area contributed by atoms with Gasteiger partial charge in [-0.3, -0.25) is 4.79 Å². The molecule has 1 unspecified atom stereocenters. The second-order valence-electron chi connectivity index (χ2n) is 5.95. The first-order valence-electron chi connectivity index (χ1n) is 7.46. The molecule has 1 amide bonds. The number of carbonyl (C=O) groups is 2. The monoisotopic (exact) mass is 317 g/mol. The molecule has 0 aromatic carbocycles. The Bertz CT molecular complexity index is 678. The molecule has 0 aliphatic rings. The number of primary amides is 1. The SMILES string of the molecule is Cc1cc(C=C(C#N)C(=O)OC(C)C(N)=O)c(C)n1CC(C)C. The van der Waals surface area contributed by atoms with E-state index in [1.54, 1.807) is 0 Å². The van der Waals surface area contributed by atoms with Crippen molar-refractivity contribution in [2.75, 3.05) is 0 Å². The maximum absolute atomic E-state index is 11.9. The van der Waals surface area contributed by atoms with Crippen LogP contribution in [0.1, 0.15) is 37.7 Å². The van der Waals surface area contributed by atoms with E-state index in [0.717, 1.165) is 23.5 Å². The summed E-state index contributed by atoms with van der Waals surface area (Å²) in [5.41, 5.74) is 7.69. The van der Waals surface area contributed by atoms with Crippen LogP contribution in [0.4, 0.5) is 0 Å². The number of carbonyl (C=O) groups excluding carboxylic acids is 2. The van der Waals surface area contributed by atoms with Crippen LogP contribution in [0.15, 0.2) is 11.6 Å². The molecule has 0 radical (unpaired) electrons. The molecule has 23 heavy (non-hydrogen) atoms. The molecule has 1 rings (SSSR count). The second-order valence-corrected chi connectivity index (χ2v) is 5.95. The van der Waals surface area contributed by atoms with E-state index in [4.69, 9.17) is 10.5 Å². The number of rotatable bonds is 6. The van der Waals surface area contributed by atoms with E-state index < -0.39 is 18.0 Å². The topological polar surface area (TPSA) is 98.1 Å². The lowest BCUT2D eigenvalue weighted by Gasteiger charge is -2.12. The summed E-state index contributed by atoms with van der Waals surface area (Å²) in [7, 11) is 0. The van der Waals surface area contributed by atoms with Gasteiger partial charge in [0.15, 0.2) is 6.10 Å². The number of nitrogens with two attached hydrogens (primary N) is 1. The van der Waals surface area contributed by atoms with E-state index in [1.165, 1.54) is 13.0 Å². The van der Waals surface area contributed by atoms with Gasteiger partial charge >= 0.3 is 5.97 Å². The highest BCUT2D eigenvalue weighted by molar-refractivity contribution is 5.99. The van der Waals surface area contributed by atoms with Gasteiger partial charge in [0.05, 0.1) is 0 Å². The summed E-state index contributed by atoms with van der Waals surface area (Å²) >= 11 is 0.